The van der Waals surface area contributed by atoms with Crippen LogP contribution >= 0.6 is 0 Å². The summed E-state index contributed by atoms with van der Waals surface area (Å²) in [7, 11) is 0. The molecule has 1 N–H and O–H groups in total. The number of rotatable bonds is 4. The zero-order valence-corrected chi connectivity index (χ0v) is 8.78. The topological polar surface area (TPSA) is 12.0 Å². The largest absolute Gasteiger partial charge is 0.308 e. The summed E-state index contributed by atoms with van der Waals surface area (Å²) in [6.07, 6.45) is 5.08. The van der Waals surface area contributed by atoms with E-state index in [1.165, 1.54) is 18.4 Å². The SMILES string of the molecule is CC(C)=CCNC(C)(C)C1CC1. The van der Waals surface area contributed by atoms with Gasteiger partial charge in [-0.1, -0.05) is 11.6 Å². The van der Waals surface area contributed by atoms with Crippen molar-refractivity contribution in [3.63, 3.8) is 0 Å². The molecular formula is C11H21N. The highest BCUT2D eigenvalue weighted by Crippen LogP contribution is 2.38. The summed E-state index contributed by atoms with van der Waals surface area (Å²) in [6, 6.07) is 0. The predicted molar refractivity (Wildman–Crippen MR) is 54.2 cm³/mol. The summed E-state index contributed by atoms with van der Waals surface area (Å²) < 4.78 is 0. The Kier molecular flexibility index (Phi) is 2.94. The molecular weight excluding hydrogens is 146 g/mol. The molecule has 0 atom stereocenters. The highest BCUT2D eigenvalue weighted by Gasteiger charge is 2.36. The number of allylic oxidation sites excluding steroid dienone is 1. The van der Waals surface area contributed by atoms with E-state index in [9.17, 15) is 0 Å². The van der Waals surface area contributed by atoms with Crippen LogP contribution in [0.4, 0.5) is 0 Å². The van der Waals surface area contributed by atoms with Crippen molar-refractivity contribution in [1.29, 1.82) is 0 Å². The van der Waals surface area contributed by atoms with Crippen LogP contribution in [0, 0.1) is 5.92 Å². The molecule has 1 aliphatic carbocycles. The fraction of sp³-hybridized carbons (Fsp3) is 0.818. The van der Waals surface area contributed by atoms with Crippen molar-refractivity contribution in [1.82, 2.24) is 5.32 Å². The van der Waals surface area contributed by atoms with Gasteiger partial charge in [0.1, 0.15) is 0 Å². The van der Waals surface area contributed by atoms with Crippen molar-refractivity contribution < 1.29 is 0 Å². The standard InChI is InChI=1S/C11H21N/c1-9(2)7-8-12-11(3,4)10-5-6-10/h7,10,12H,5-6,8H2,1-4H3. The van der Waals surface area contributed by atoms with Gasteiger partial charge < -0.3 is 5.32 Å². The Bertz CT molecular complexity index is 171. The van der Waals surface area contributed by atoms with E-state index in [2.05, 4.69) is 39.1 Å². The van der Waals surface area contributed by atoms with E-state index >= 15 is 0 Å². The summed E-state index contributed by atoms with van der Waals surface area (Å²) in [5.41, 5.74) is 1.75. The van der Waals surface area contributed by atoms with Crippen LogP contribution in [0.3, 0.4) is 0 Å². The van der Waals surface area contributed by atoms with Crippen molar-refractivity contribution in [3.05, 3.63) is 11.6 Å². The Labute approximate surface area is 76.2 Å². The quantitative estimate of drug-likeness (QED) is 0.635. The van der Waals surface area contributed by atoms with Crippen LogP contribution in [0.5, 0.6) is 0 Å². The molecule has 0 amide bonds. The summed E-state index contributed by atoms with van der Waals surface area (Å²) in [6.45, 7) is 9.93. The Morgan fingerprint density at radius 3 is 2.42 bits per heavy atom. The highest BCUT2D eigenvalue weighted by atomic mass is 15.0. The third-order valence-corrected chi connectivity index (χ3v) is 2.67. The zero-order valence-electron chi connectivity index (χ0n) is 8.78. The molecule has 0 unspecified atom stereocenters. The molecule has 0 saturated heterocycles. The van der Waals surface area contributed by atoms with Gasteiger partial charge in [-0.3, -0.25) is 0 Å². The lowest BCUT2D eigenvalue weighted by Gasteiger charge is -2.25. The summed E-state index contributed by atoms with van der Waals surface area (Å²) >= 11 is 0. The molecule has 1 aliphatic rings. The highest BCUT2D eigenvalue weighted by molar-refractivity contribution is 4.99. The van der Waals surface area contributed by atoms with Gasteiger partial charge in [0.15, 0.2) is 0 Å². The maximum atomic E-state index is 3.58. The van der Waals surface area contributed by atoms with Crippen LogP contribution < -0.4 is 5.32 Å². The van der Waals surface area contributed by atoms with E-state index in [0.717, 1.165) is 12.5 Å². The summed E-state index contributed by atoms with van der Waals surface area (Å²) in [5.74, 6) is 0.920. The first-order chi connectivity index (χ1) is 5.52. The van der Waals surface area contributed by atoms with E-state index in [1.807, 2.05) is 0 Å². The van der Waals surface area contributed by atoms with Gasteiger partial charge >= 0.3 is 0 Å². The normalized spacial score (nSPS) is 17.7. The fourth-order valence-electron chi connectivity index (χ4n) is 1.47. The molecule has 70 valence electrons. The molecule has 0 radical (unpaired) electrons. The van der Waals surface area contributed by atoms with Crippen molar-refractivity contribution in [3.8, 4) is 0 Å². The van der Waals surface area contributed by atoms with Gasteiger partial charge in [-0.05, 0) is 46.5 Å². The molecule has 1 nitrogen and oxygen atoms in total. The Morgan fingerprint density at radius 2 is 2.00 bits per heavy atom. The minimum Gasteiger partial charge on any atom is -0.308 e. The van der Waals surface area contributed by atoms with Gasteiger partial charge in [0.05, 0.1) is 0 Å². The van der Waals surface area contributed by atoms with E-state index in [1.54, 1.807) is 0 Å². The fourth-order valence-corrected chi connectivity index (χ4v) is 1.47. The average molecular weight is 167 g/mol. The van der Waals surface area contributed by atoms with Gasteiger partial charge in [-0.2, -0.15) is 0 Å². The monoisotopic (exact) mass is 167 g/mol. The summed E-state index contributed by atoms with van der Waals surface area (Å²) in [5, 5.41) is 3.58. The molecule has 1 rings (SSSR count). The summed E-state index contributed by atoms with van der Waals surface area (Å²) in [4.78, 5) is 0. The first-order valence-corrected chi connectivity index (χ1v) is 4.91. The van der Waals surface area contributed by atoms with Crippen molar-refractivity contribution in [2.45, 2.75) is 46.1 Å². The Hall–Kier alpha value is -0.300. The van der Waals surface area contributed by atoms with Crippen LogP contribution in [0.15, 0.2) is 11.6 Å². The molecule has 12 heavy (non-hydrogen) atoms. The number of hydrogen-bond donors (Lipinski definition) is 1. The first kappa shape index (κ1) is 9.79. The molecule has 0 aliphatic heterocycles. The van der Waals surface area contributed by atoms with Gasteiger partial charge in [-0.15, -0.1) is 0 Å². The molecule has 1 saturated carbocycles. The second kappa shape index (κ2) is 3.61. The molecule has 0 heterocycles. The second-order valence-electron chi connectivity index (χ2n) is 4.66. The molecule has 0 aromatic rings. The lowest BCUT2D eigenvalue weighted by atomic mass is 9.99. The Morgan fingerprint density at radius 1 is 1.42 bits per heavy atom. The maximum absolute atomic E-state index is 3.58. The smallest absolute Gasteiger partial charge is 0.0156 e. The number of hydrogen-bond acceptors (Lipinski definition) is 1. The average Bonchev–Trinajstić information content (AvgIpc) is 2.65. The van der Waals surface area contributed by atoms with E-state index in [0.29, 0.717) is 5.54 Å². The minimum absolute atomic E-state index is 0.353. The van der Waals surface area contributed by atoms with E-state index < -0.39 is 0 Å². The zero-order chi connectivity index (χ0) is 9.19. The molecule has 0 bridgehead atoms. The third kappa shape index (κ3) is 2.98. The molecule has 0 aromatic carbocycles. The van der Waals surface area contributed by atoms with Gasteiger partial charge in [0.25, 0.3) is 0 Å². The lowest BCUT2D eigenvalue weighted by Crippen LogP contribution is -2.41. The van der Waals surface area contributed by atoms with E-state index in [-0.39, 0.29) is 0 Å². The van der Waals surface area contributed by atoms with Crippen LogP contribution in [0.25, 0.3) is 0 Å². The first-order valence-electron chi connectivity index (χ1n) is 4.91. The molecule has 0 aromatic heterocycles. The minimum atomic E-state index is 0.353. The van der Waals surface area contributed by atoms with Crippen LogP contribution in [-0.2, 0) is 0 Å². The lowest BCUT2D eigenvalue weighted by molar-refractivity contribution is 0.357. The third-order valence-electron chi connectivity index (χ3n) is 2.67. The van der Waals surface area contributed by atoms with Gasteiger partial charge in [-0.25, -0.2) is 0 Å². The second-order valence-corrected chi connectivity index (χ2v) is 4.66. The van der Waals surface area contributed by atoms with Crippen LogP contribution in [0.2, 0.25) is 0 Å². The van der Waals surface area contributed by atoms with Crippen molar-refractivity contribution in [2.24, 2.45) is 5.92 Å². The van der Waals surface area contributed by atoms with Gasteiger partial charge in [0.2, 0.25) is 0 Å². The van der Waals surface area contributed by atoms with Crippen LogP contribution in [-0.4, -0.2) is 12.1 Å². The van der Waals surface area contributed by atoms with Crippen molar-refractivity contribution >= 4 is 0 Å². The molecule has 1 fully saturated rings. The van der Waals surface area contributed by atoms with Crippen LogP contribution in [0.1, 0.15) is 40.5 Å². The molecule has 1 heteroatoms. The predicted octanol–water partition coefficient (Wildman–Crippen LogP) is 2.73. The Balaban J connectivity index is 2.25. The van der Waals surface area contributed by atoms with E-state index in [4.69, 9.17) is 0 Å². The maximum Gasteiger partial charge on any atom is 0.0156 e. The van der Waals surface area contributed by atoms with Gasteiger partial charge in [0, 0.05) is 12.1 Å². The number of nitrogens with one attached hydrogen (secondary N) is 1. The van der Waals surface area contributed by atoms with Crippen molar-refractivity contribution in [2.75, 3.05) is 6.54 Å². The molecule has 0 spiro atoms.